The molecule has 0 saturated heterocycles. The Morgan fingerprint density at radius 1 is 1.28 bits per heavy atom. The Kier molecular flexibility index (Phi) is 3.39. The van der Waals surface area contributed by atoms with Gasteiger partial charge in [-0.3, -0.25) is 4.79 Å². The van der Waals surface area contributed by atoms with Crippen LogP contribution in [-0.4, -0.2) is 25.5 Å². The Balaban J connectivity index is 1.90. The molecule has 25 heavy (non-hydrogen) atoms. The fourth-order valence-corrected chi connectivity index (χ4v) is 3.71. The normalized spacial score (nSPS) is 20.0. The van der Waals surface area contributed by atoms with Crippen molar-refractivity contribution in [2.45, 2.75) is 40.0 Å². The van der Waals surface area contributed by atoms with Gasteiger partial charge in [0.1, 0.15) is 12.1 Å². The number of carbonyl (C=O) groups excluding carboxylic acids is 1. The zero-order chi connectivity index (χ0) is 17.8. The van der Waals surface area contributed by atoms with Gasteiger partial charge in [0.15, 0.2) is 5.78 Å². The monoisotopic (exact) mass is 335 g/mol. The number of aromatic nitrogens is 4. The number of nitrogens with zero attached hydrogens (tertiary/aromatic N) is 4. The van der Waals surface area contributed by atoms with Gasteiger partial charge in [0, 0.05) is 11.8 Å². The number of carbonyl (C=O) groups is 1. The van der Waals surface area contributed by atoms with Crippen molar-refractivity contribution in [2.75, 3.05) is 5.73 Å². The minimum Gasteiger partial charge on any atom is -0.383 e. The van der Waals surface area contributed by atoms with Crippen LogP contribution in [0.25, 0.3) is 16.6 Å². The van der Waals surface area contributed by atoms with Crippen LogP contribution in [0, 0.1) is 12.3 Å². The predicted molar refractivity (Wildman–Crippen MR) is 96.9 cm³/mol. The Morgan fingerprint density at radius 2 is 2.08 bits per heavy atom. The van der Waals surface area contributed by atoms with Crippen molar-refractivity contribution in [3.63, 3.8) is 0 Å². The molecule has 2 aromatic heterocycles. The molecule has 0 saturated carbocycles. The molecule has 1 aliphatic carbocycles. The third kappa shape index (κ3) is 2.40. The molecule has 128 valence electrons. The molecule has 0 amide bonds. The maximum absolute atomic E-state index is 12.7. The first-order valence-corrected chi connectivity index (χ1v) is 8.54. The molecule has 3 aromatic rings. The molecule has 0 radical (unpaired) electrons. The molecule has 2 N–H and O–H groups in total. The lowest BCUT2D eigenvalue weighted by Gasteiger charge is -2.32. The highest BCUT2D eigenvalue weighted by atomic mass is 16.1. The van der Waals surface area contributed by atoms with E-state index < -0.39 is 0 Å². The van der Waals surface area contributed by atoms with Crippen molar-refractivity contribution >= 4 is 22.5 Å². The second kappa shape index (κ2) is 5.37. The number of nitrogens with two attached hydrogens (primary N) is 1. The van der Waals surface area contributed by atoms with Gasteiger partial charge in [-0.05, 0) is 43.4 Å². The Labute approximate surface area is 146 Å². The first-order chi connectivity index (χ1) is 11.9. The molecular formula is C19H21N5O. The van der Waals surface area contributed by atoms with Gasteiger partial charge >= 0.3 is 0 Å². The van der Waals surface area contributed by atoms with Crippen molar-refractivity contribution in [1.29, 1.82) is 0 Å². The van der Waals surface area contributed by atoms with E-state index in [1.165, 1.54) is 6.33 Å². The van der Waals surface area contributed by atoms with Gasteiger partial charge in [-0.2, -0.15) is 5.10 Å². The second-order valence-electron chi connectivity index (χ2n) is 7.22. The summed E-state index contributed by atoms with van der Waals surface area (Å²) >= 11 is 0. The summed E-state index contributed by atoms with van der Waals surface area (Å²) < 4.78 is 1.90. The molecule has 0 bridgehead atoms. The van der Waals surface area contributed by atoms with Gasteiger partial charge in [0.05, 0.1) is 28.2 Å². The number of rotatable bonds is 2. The number of hydrogen-bond acceptors (Lipinski definition) is 5. The fraction of sp³-hybridized carbons (Fsp3) is 0.368. The van der Waals surface area contributed by atoms with Gasteiger partial charge in [-0.25, -0.2) is 14.6 Å². The summed E-state index contributed by atoms with van der Waals surface area (Å²) in [7, 11) is 0. The van der Waals surface area contributed by atoms with Gasteiger partial charge in [-0.1, -0.05) is 13.8 Å². The van der Waals surface area contributed by atoms with Crippen LogP contribution >= 0.6 is 0 Å². The first kappa shape index (κ1) is 15.7. The number of aryl methyl sites for hydroxylation is 1. The maximum atomic E-state index is 12.7. The third-order valence-corrected chi connectivity index (χ3v) is 5.37. The summed E-state index contributed by atoms with van der Waals surface area (Å²) in [6, 6.07) is 5.81. The van der Waals surface area contributed by atoms with Crippen LogP contribution in [0.4, 0.5) is 5.82 Å². The van der Waals surface area contributed by atoms with Gasteiger partial charge in [0.25, 0.3) is 0 Å². The van der Waals surface area contributed by atoms with Crippen molar-refractivity contribution in [3.8, 4) is 5.69 Å². The van der Waals surface area contributed by atoms with Gasteiger partial charge in [0.2, 0.25) is 0 Å². The van der Waals surface area contributed by atoms with Crippen LogP contribution in [-0.2, 0) is 6.42 Å². The lowest BCUT2D eigenvalue weighted by atomic mass is 9.72. The molecule has 6 nitrogen and oxygen atoms in total. The topological polar surface area (TPSA) is 86.7 Å². The third-order valence-electron chi connectivity index (χ3n) is 5.37. The van der Waals surface area contributed by atoms with E-state index in [2.05, 4.69) is 28.9 Å². The largest absolute Gasteiger partial charge is 0.383 e. The Bertz CT molecular complexity index is 1010. The highest BCUT2D eigenvalue weighted by Gasteiger charge is 2.37. The average Bonchev–Trinajstić information content (AvgIpc) is 2.91. The molecule has 6 heteroatoms. The zero-order valence-corrected chi connectivity index (χ0v) is 14.7. The van der Waals surface area contributed by atoms with Crippen LogP contribution in [0.5, 0.6) is 0 Å². The van der Waals surface area contributed by atoms with Crippen molar-refractivity contribution < 1.29 is 4.79 Å². The van der Waals surface area contributed by atoms with E-state index >= 15 is 0 Å². The summed E-state index contributed by atoms with van der Waals surface area (Å²) in [5.74, 6) is 0.658. The Hall–Kier alpha value is -2.76. The van der Waals surface area contributed by atoms with Crippen molar-refractivity contribution in [1.82, 2.24) is 19.7 Å². The van der Waals surface area contributed by atoms with E-state index in [0.29, 0.717) is 12.2 Å². The summed E-state index contributed by atoms with van der Waals surface area (Å²) in [6.45, 7) is 6.22. The lowest BCUT2D eigenvalue weighted by Crippen LogP contribution is -2.30. The molecular weight excluding hydrogens is 314 g/mol. The lowest BCUT2D eigenvalue weighted by molar-refractivity contribution is 0.0892. The number of anilines is 1. The maximum Gasteiger partial charge on any atom is 0.167 e. The van der Waals surface area contributed by atoms with E-state index in [-0.39, 0.29) is 11.2 Å². The van der Waals surface area contributed by atoms with Crippen LogP contribution in [0.15, 0.2) is 24.5 Å². The van der Waals surface area contributed by atoms with Crippen molar-refractivity contribution in [3.05, 3.63) is 41.5 Å². The molecule has 2 heterocycles. The molecule has 1 unspecified atom stereocenters. The van der Waals surface area contributed by atoms with Gasteiger partial charge < -0.3 is 5.73 Å². The van der Waals surface area contributed by atoms with E-state index in [4.69, 9.17) is 5.73 Å². The first-order valence-electron chi connectivity index (χ1n) is 8.54. The second-order valence-corrected chi connectivity index (χ2v) is 7.22. The number of nitrogen functional groups attached to an aromatic ring is 1. The molecule has 0 spiro atoms. The molecule has 0 aliphatic heterocycles. The number of Topliss-reactive ketones (excluding diaryl/α,β-unsaturated/α-hetero) is 1. The minimum absolute atomic E-state index is 0.0161. The minimum atomic E-state index is -0.0161. The molecule has 0 fully saturated rings. The molecule has 1 atom stereocenters. The summed E-state index contributed by atoms with van der Waals surface area (Å²) in [6.07, 6.45) is 3.85. The number of ketones is 1. The van der Waals surface area contributed by atoms with Crippen LogP contribution in [0.2, 0.25) is 0 Å². The van der Waals surface area contributed by atoms with Crippen LogP contribution < -0.4 is 5.73 Å². The number of hydrogen-bond donors (Lipinski definition) is 1. The van der Waals surface area contributed by atoms with Crippen LogP contribution in [0.3, 0.4) is 0 Å². The van der Waals surface area contributed by atoms with E-state index in [1.807, 2.05) is 29.8 Å². The highest BCUT2D eigenvalue weighted by Crippen LogP contribution is 2.39. The molecule has 1 aliphatic rings. The number of fused-ring (bicyclic) bond motifs is 2. The standard InChI is InChI=1S/C19H21N5O/c1-4-19(3)8-15-17(16(25)9-19)11(2)23-24(15)12-5-6-13-14(7-12)21-10-22-18(13)20/h5-7,10H,4,8-9H2,1-3H3,(H2,20,21,22). The fourth-order valence-electron chi connectivity index (χ4n) is 3.71. The summed E-state index contributed by atoms with van der Waals surface area (Å²) in [5.41, 5.74) is 10.1. The van der Waals surface area contributed by atoms with Gasteiger partial charge in [-0.15, -0.1) is 0 Å². The van der Waals surface area contributed by atoms with Crippen molar-refractivity contribution in [2.24, 2.45) is 5.41 Å². The van der Waals surface area contributed by atoms with Crippen LogP contribution in [0.1, 0.15) is 48.4 Å². The summed E-state index contributed by atoms with van der Waals surface area (Å²) in [4.78, 5) is 21.0. The van der Waals surface area contributed by atoms with E-state index in [9.17, 15) is 4.79 Å². The van der Waals surface area contributed by atoms with E-state index in [1.54, 1.807) is 0 Å². The summed E-state index contributed by atoms with van der Waals surface area (Å²) in [5, 5.41) is 5.48. The highest BCUT2D eigenvalue weighted by molar-refractivity contribution is 6.00. The smallest absolute Gasteiger partial charge is 0.167 e. The van der Waals surface area contributed by atoms with E-state index in [0.717, 1.165) is 46.4 Å². The SMILES string of the molecule is CCC1(C)CC(=O)c2c(C)nn(-c3ccc4c(N)ncnc4c3)c2C1. The molecule has 4 rings (SSSR count). The predicted octanol–water partition coefficient (Wildman–Crippen LogP) is 3.25. The molecule has 1 aromatic carbocycles. The Morgan fingerprint density at radius 3 is 2.84 bits per heavy atom. The average molecular weight is 335 g/mol. The quantitative estimate of drug-likeness (QED) is 0.777. The zero-order valence-electron chi connectivity index (χ0n) is 14.7. The number of benzene rings is 1.